The Morgan fingerprint density at radius 2 is 1.69 bits per heavy atom. The molecular weight excluding hydrogens is 222 g/mol. The second-order valence-corrected chi connectivity index (χ2v) is 2.80. The molecule has 0 spiro atoms. The highest BCUT2D eigenvalue weighted by Crippen LogP contribution is 2.36. The van der Waals surface area contributed by atoms with Crippen LogP contribution in [0.1, 0.15) is 6.42 Å². The Morgan fingerprint density at radius 3 is 1.77 bits per heavy atom. The Balaban J connectivity index is 4.56. The maximum Gasteiger partial charge on any atom is 0.402 e. The Labute approximate surface area is 74.3 Å². The molecule has 78 valence electrons. The molecule has 1 unspecified atom stereocenters. The van der Waals surface area contributed by atoms with Crippen molar-refractivity contribution < 1.29 is 31.9 Å². The molecule has 0 rings (SSSR count). The summed E-state index contributed by atoms with van der Waals surface area (Å²) in [6, 6.07) is 0. The molecule has 0 aliphatic carbocycles. The van der Waals surface area contributed by atoms with Gasteiger partial charge in [0.15, 0.2) is 5.92 Å². The Morgan fingerprint density at radius 1 is 1.31 bits per heavy atom. The summed E-state index contributed by atoms with van der Waals surface area (Å²) in [6.45, 7) is 0. The van der Waals surface area contributed by atoms with Crippen molar-refractivity contribution in [1.29, 1.82) is 0 Å². The zero-order valence-electron chi connectivity index (χ0n) is 5.91. The predicted molar refractivity (Wildman–Crippen MR) is 32.6 cm³/mol. The Hall–Kier alpha value is -0.590. The van der Waals surface area contributed by atoms with Gasteiger partial charge in [-0.1, -0.05) is 0 Å². The van der Waals surface area contributed by atoms with Crippen molar-refractivity contribution in [2.24, 2.45) is 5.92 Å². The Bertz CT molecular complexity index is 196. The van der Waals surface area contributed by atoms with Gasteiger partial charge in [-0.3, -0.25) is 4.79 Å². The van der Waals surface area contributed by atoms with E-state index < -0.39 is 29.9 Å². The van der Waals surface area contributed by atoms with Gasteiger partial charge in [0.25, 0.3) is 0 Å². The average molecular weight is 227 g/mol. The molecule has 0 heterocycles. The molecule has 0 bridgehead atoms. The largest absolute Gasteiger partial charge is 0.481 e. The molecule has 0 aromatic carbocycles. The van der Waals surface area contributed by atoms with E-state index in [1.54, 1.807) is 0 Å². The van der Waals surface area contributed by atoms with Gasteiger partial charge >= 0.3 is 17.5 Å². The van der Waals surface area contributed by atoms with Crippen LogP contribution in [0, 0.1) is 5.92 Å². The molecule has 0 radical (unpaired) electrons. The second-order valence-electron chi connectivity index (χ2n) is 2.25. The first kappa shape index (κ1) is 12.4. The van der Waals surface area contributed by atoms with Crippen LogP contribution < -0.4 is 0 Å². The molecule has 1 N–H and O–H groups in total. The summed E-state index contributed by atoms with van der Waals surface area (Å²) in [4.78, 5) is 9.91. The number of alkyl halides is 6. The molecule has 0 fully saturated rings. The first-order chi connectivity index (χ1) is 5.54. The number of carboxylic acids is 1. The first-order valence-electron chi connectivity index (χ1n) is 2.90. The number of halogens is 6. The molecule has 0 aromatic rings. The lowest BCUT2D eigenvalue weighted by molar-refractivity contribution is -0.201. The lowest BCUT2D eigenvalue weighted by Crippen LogP contribution is -2.34. The topological polar surface area (TPSA) is 37.3 Å². The molecule has 8 heteroatoms. The van der Waals surface area contributed by atoms with E-state index in [1.165, 1.54) is 0 Å². The van der Waals surface area contributed by atoms with Crippen molar-refractivity contribution in [1.82, 2.24) is 0 Å². The van der Waals surface area contributed by atoms with Crippen LogP contribution in [-0.2, 0) is 4.79 Å². The fraction of sp³-hybridized carbons (Fsp3) is 0.800. The monoisotopic (exact) mass is 226 g/mol. The summed E-state index contributed by atoms with van der Waals surface area (Å²) in [5.41, 5.74) is 0. The zero-order valence-corrected chi connectivity index (χ0v) is 6.66. The third kappa shape index (κ3) is 4.87. The zero-order chi connectivity index (χ0) is 10.9. The molecule has 0 saturated heterocycles. The summed E-state index contributed by atoms with van der Waals surface area (Å²) in [5.74, 6) is -5.51. The lowest BCUT2D eigenvalue weighted by atomic mass is 10.1. The molecule has 1 atom stereocenters. The smallest absolute Gasteiger partial charge is 0.402 e. The highest BCUT2D eigenvalue weighted by atomic mass is 35.5. The fourth-order valence-electron chi connectivity index (χ4n) is 0.575. The SMILES string of the molecule is O=C(O)C(CC(F)(F)Cl)C(F)(F)F. The first-order valence-corrected chi connectivity index (χ1v) is 3.28. The molecule has 0 aliphatic heterocycles. The van der Waals surface area contributed by atoms with Crippen molar-refractivity contribution in [3.8, 4) is 0 Å². The van der Waals surface area contributed by atoms with E-state index in [-0.39, 0.29) is 0 Å². The number of carboxylic acid groups (broad SMARTS) is 1. The highest BCUT2D eigenvalue weighted by molar-refractivity contribution is 6.21. The van der Waals surface area contributed by atoms with E-state index in [2.05, 4.69) is 11.6 Å². The summed E-state index contributed by atoms with van der Waals surface area (Å²) < 4.78 is 58.9. The summed E-state index contributed by atoms with van der Waals surface area (Å²) >= 11 is 4.18. The molecule has 0 amide bonds. The number of carbonyl (C=O) groups is 1. The molecule has 0 aliphatic rings. The minimum absolute atomic E-state index is 1.96. The van der Waals surface area contributed by atoms with E-state index in [1.807, 2.05) is 0 Å². The van der Waals surface area contributed by atoms with Crippen molar-refractivity contribution >= 4 is 17.6 Å². The van der Waals surface area contributed by atoms with Crippen LogP contribution in [0.4, 0.5) is 22.0 Å². The number of rotatable bonds is 3. The van der Waals surface area contributed by atoms with Crippen LogP contribution in [0.25, 0.3) is 0 Å². The molecule has 0 saturated carbocycles. The lowest BCUT2D eigenvalue weighted by Gasteiger charge is -2.17. The molecule has 13 heavy (non-hydrogen) atoms. The Kier molecular flexibility index (Phi) is 3.48. The van der Waals surface area contributed by atoms with Crippen molar-refractivity contribution in [3.05, 3.63) is 0 Å². The van der Waals surface area contributed by atoms with E-state index in [0.717, 1.165) is 0 Å². The van der Waals surface area contributed by atoms with Gasteiger partial charge in [-0.2, -0.15) is 22.0 Å². The average Bonchev–Trinajstić information content (AvgIpc) is 1.77. The summed E-state index contributed by atoms with van der Waals surface area (Å²) in [5, 5.41) is 3.79. The normalized spacial score (nSPS) is 15.5. The maximum atomic E-state index is 11.9. The van der Waals surface area contributed by atoms with E-state index >= 15 is 0 Å². The van der Waals surface area contributed by atoms with Crippen LogP contribution in [0.3, 0.4) is 0 Å². The molecular formula is C5H4ClF5O2. The van der Waals surface area contributed by atoms with Gasteiger partial charge in [0, 0.05) is 6.42 Å². The summed E-state index contributed by atoms with van der Waals surface area (Å²) in [6.07, 6.45) is -7.18. The van der Waals surface area contributed by atoms with Crippen LogP contribution >= 0.6 is 11.6 Å². The number of hydrogen-bond donors (Lipinski definition) is 1. The van der Waals surface area contributed by atoms with Gasteiger partial charge in [-0.05, 0) is 11.6 Å². The third-order valence-electron chi connectivity index (χ3n) is 1.13. The maximum absolute atomic E-state index is 11.9. The minimum atomic E-state index is -5.22. The third-order valence-corrected chi connectivity index (χ3v) is 1.28. The van der Waals surface area contributed by atoms with Gasteiger partial charge in [0.2, 0.25) is 0 Å². The summed E-state index contributed by atoms with van der Waals surface area (Å²) in [7, 11) is 0. The van der Waals surface area contributed by atoms with E-state index in [9.17, 15) is 26.7 Å². The number of aliphatic carboxylic acids is 1. The van der Waals surface area contributed by atoms with Crippen LogP contribution in [-0.4, -0.2) is 22.6 Å². The van der Waals surface area contributed by atoms with Gasteiger partial charge in [-0.15, -0.1) is 0 Å². The quantitative estimate of drug-likeness (QED) is 0.593. The van der Waals surface area contributed by atoms with E-state index in [0.29, 0.717) is 0 Å². The van der Waals surface area contributed by atoms with Crippen LogP contribution in [0.5, 0.6) is 0 Å². The highest BCUT2D eigenvalue weighted by Gasteiger charge is 2.50. The van der Waals surface area contributed by atoms with Gasteiger partial charge in [-0.25, -0.2) is 0 Å². The van der Waals surface area contributed by atoms with Crippen molar-refractivity contribution in [2.75, 3.05) is 0 Å². The number of hydrogen-bond acceptors (Lipinski definition) is 1. The van der Waals surface area contributed by atoms with Gasteiger partial charge in [0.1, 0.15) is 0 Å². The van der Waals surface area contributed by atoms with Crippen LogP contribution in [0.15, 0.2) is 0 Å². The van der Waals surface area contributed by atoms with Crippen LogP contribution in [0.2, 0.25) is 0 Å². The molecule has 2 nitrogen and oxygen atoms in total. The van der Waals surface area contributed by atoms with Gasteiger partial charge in [0.05, 0.1) is 0 Å². The minimum Gasteiger partial charge on any atom is -0.481 e. The van der Waals surface area contributed by atoms with Gasteiger partial charge < -0.3 is 5.11 Å². The predicted octanol–water partition coefficient (Wildman–Crippen LogP) is 2.47. The fourth-order valence-corrected chi connectivity index (χ4v) is 0.729. The van der Waals surface area contributed by atoms with Crippen molar-refractivity contribution in [3.63, 3.8) is 0 Å². The second kappa shape index (κ2) is 3.65. The molecule has 0 aromatic heterocycles. The van der Waals surface area contributed by atoms with Crippen molar-refractivity contribution in [2.45, 2.75) is 18.0 Å². The van der Waals surface area contributed by atoms with E-state index in [4.69, 9.17) is 5.11 Å². The standard InChI is InChI=1S/C5H4ClF5O2/c6-4(7,8)1-2(3(12)13)5(9,10)11/h2H,1H2,(H,12,13).